The Balaban J connectivity index is 1.97. The maximum atomic E-state index is 4.77. The minimum atomic E-state index is 0.850. The third-order valence-corrected chi connectivity index (χ3v) is 5.12. The average molecular weight is 303 g/mol. The van der Waals surface area contributed by atoms with Crippen LogP contribution < -0.4 is 5.32 Å². The molecule has 2 heterocycles. The molecule has 1 N–H and O–H groups in total. The van der Waals surface area contributed by atoms with E-state index >= 15 is 0 Å². The Hall–Kier alpha value is -1.30. The van der Waals surface area contributed by atoms with Crippen molar-refractivity contribution in [3.63, 3.8) is 0 Å². The number of imidazole rings is 1. The molecule has 0 unspecified atom stereocenters. The van der Waals surface area contributed by atoms with Gasteiger partial charge in [-0.25, -0.2) is 4.98 Å². The molecule has 20 heavy (non-hydrogen) atoms. The predicted molar refractivity (Wildman–Crippen MR) is 85.8 cm³/mol. The van der Waals surface area contributed by atoms with Crippen molar-refractivity contribution in [2.75, 3.05) is 6.54 Å². The fraction of sp³-hybridized carbons (Fsp3) is 0.267. The number of benzene rings is 1. The summed E-state index contributed by atoms with van der Waals surface area (Å²) in [5.41, 5.74) is 2.54. The lowest BCUT2D eigenvalue weighted by molar-refractivity contribution is 0.694. The Morgan fingerprint density at radius 3 is 3.00 bits per heavy atom. The molecule has 1 aromatic carbocycles. The van der Waals surface area contributed by atoms with Crippen LogP contribution in [-0.4, -0.2) is 15.9 Å². The molecule has 0 saturated heterocycles. The van der Waals surface area contributed by atoms with Gasteiger partial charge >= 0.3 is 0 Å². The Bertz CT molecular complexity index is 715. The normalized spacial score (nSPS) is 11.3. The second-order valence-electron chi connectivity index (χ2n) is 4.57. The fourth-order valence-corrected chi connectivity index (χ4v) is 3.87. The summed E-state index contributed by atoms with van der Waals surface area (Å²) >= 11 is 3.44. The number of fused-ring (bicyclic) bond motifs is 1. The van der Waals surface area contributed by atoms with Gasteiger partial charge in [0.05, 0.1) is 5.69 Å². The molecular formula is C15H17N3S2. The molecule has 0 aliphatic rings. The zero-order chi connectivity index (χ0) is 13.9. The zero-order valence-electron chi connectivity index (χ0n) is 11.6. The number of nitrogens with one attached hydrogen (secondary N) is 1. The van der Waals surface area contributed by atoms with Crippen molar-refractivity contribution in [1.29, 1.82) is 0 Å². The lowest BCUT2D eigenvalue weighted by Gasteiger charge is -2.06. The van der Waals surface area contributed by atoms with E-state index in [1.165, 1.54) is 16.2 Å². The molecule has 3 rings (SSSR count). The first-order valence-corrected chi connectivity index (χ1v) is 8.38. The molecule has 0 amide bonds. The van der Waals surface area contributed by atoms with E-state index in [1.54, 1.807) is 23.1 Å². The van der Waals surface area contributed by atoms with Crippen molar-refractivity contribution < 1.29 is 0 Å². The number of thiazole rings is 1. The van der Waals surface area contributed by atoms with E-state index in [-0.39, 0.29) is 0 Å². The number of hydrogen-bond donors (Lipinski definition) is 1. The molecule has 0 fully saturated rings. The molecule has 5 heteroatoms. The van der Waals surface area contributed by atoms with Crippen molar-refractivity contribution >= 4 is 28.1 Å². The molecule has 0 atom stereocenters. The van der Waals surface area contributed by atoms with Gasteiger partial charge < -0.3 is 5.32 Å². The first kappa shape index (κ1) is 13.7. The highest BCUT2D eigenvalue weighted by molar-refractivity contribution is 7.99. The van der Waals surface area contributed by atoms with Gasteiger partial charge in [0.25, 0.3) is 0 Å². The van der Waals surface area contributed by atoms with Crippen molar-refractivity contribution in [2.45, 2.75) is 30.3 Å². The van der Waals surface area contributed by atoms with Crippen molar-refractivity contribution in [3.05, 3.63) is 47.1 Å². The van der Waals surface area contributed by atoms with Crippen LogP contribution in [0, 0.1) is 6.92 Å². The maximum Gasteiger partial charge on any atom is 0.194 e. The highest BCUT2D eigenvalue weighted by atomic mass is 32.2. The minimum Gasteiger partial charge on any atom is -0.311 e. The smallest absolute Gasteiger partial charge is 0.194 e. The van der Waals surface area contributed by atoms with E-state index in [0.29, 0.717) is 0 Å². The molecule has 0 saturated carbocycles. The molecule has 2 aromatic heterocycles. The van der Waals surface area contributed by atoms with Crippen LogP contribution >= 0.6 is 23.1 Å². The van der Waals surface area contributed by atoms with Crippen molar-refractivity contribution in [1.82, 2.24) is 14.7 Å². The Labute approximate surface area is 127 Å². The molecule has 3 aromatic rings. The van der Waals surface area contributed by atoms with E-state index in [1.807, 2.05) is 0 Å². The molecule has 0 aliphatic carbocycles. The van der Waals surface area contributed by atoms with Crippen LogP contribution in [0.15, 0.2) is 45.8 Å². The average Bonchev–Trinajstić information content (AvgIpc) is 3.00. The second kappa shape index (κ2) is 5.99. The van der Waals surface area contributed by atoms with Crippen molar-refractivity contribution in [3.8, 4) is 0 Å². The summed E-state index contributed by atoms with van der Waals surface area (Å²) in [4.78, 5) is 7.10. The highest BCUT2D eigenvalue weighted by Gasteiger charge is 2.14. The summed E-state index contributed by atoms with van der Waals surface area (Å²) < 4.78 is 2.19. The van der Waals surface area contributed by atoms with E-state index in [2.05, 4.69) is 59.4 Å². The molecule has 0 bridgehead atoms. The van der Waals surface area contributed by atoms with Gasteiger partial charge in [-0.3, -0.25) is 4.40 Å². The monoisotopic (exact) mass is 303 g/mol. The lowest BCUT2D eigenvalue weighted by Crippen LogP contribution is -2.13. The number of aromatic nitrogens is 2. The Morgan fingerprint density at radius 1 is 1.35 bits per heavy atom. The van der Waals surface area contributed by atoms with Gasteiger partial charge in [0, 0.05) is 23.0 Å². The number of aryl methyl sites for hydroxylation is 1. The SMILES string of the molecule is CCNCc1c(Sc2ccccc2C)nc2sccn12. The largest absolute Gasteiger partial charge is 0.311 e. The number of rotatable bonds is 5. The molecule has 0 aliphatic heterocycles. The first-order chi connectivity index (χ1) is 9.79. The first-order valence-electron chi connectivity index (χ1n) is 6.68. The van der Waals surface area contributed by atoms with Gasteiger partial charge in [0.15, 0.2) is 4.96 Å². The zero-order valence-corrected chi connectivity index (χ0v) is 13.2. The minimum absolute atomic E-state index is 0.850. The quantitative estimate of drug-likeness (QED) is 0.773. The van der Waals surface area contributed by atoms with E-state index in [9.17, 15) is 0 Å². The van der Waals surface area contributed by atoms with Gasteiger partial charge in [0.2, 0.25) is 0 Å². The molecule has 0 spiro atoms. The van der Waals surface area contributed by atoms with Crippen molar-refractivity contribution in [2.24, 2.45) is 0 Å². The summed E-state index contributed by atoms with van der Waals surface area (Å²) in [7, 11) is 0. The molecule has 0 radical (unpaired) electrons. The topological polar surface area (TPSA) is 29.3 Å². The molecular weight excluding hydrogens is 286 g/mol. The van der Waals surface area contributed by atoms with Crippen LogP contribution in [-0.2, 0) is 6.54 Å². The standard InChI is InChI=1S/C15H17N3S2/c1-3-16-10-12-14(17-15-18(12)8-9-19-15)20-13-7-5-4-6-11(13)2/h4-9,16H,3,10H2,1-2H3. The predicted octanol–water partition coefficient (Wildman–Crippen LogP) is 3.96. The van der Waals surface area contributed by atoms with Gasteiger partial charge in [-0.2, -0.15) is 0 Å². The van der Waals surface area contributed by atoms with Crippen LogP contribution in [0.5, 0.6) is 0 Å². The van der Waals surface area contributed by atoms with Crippen LogP contribution in [0.3, 0.4) is 0 Å². The van der Waals surface area contributed by atoms with E-state index < -0.39 is 0 Å². The second-order valence-corrected chi connectivity index (χ2v) is 6.47. The van der Waals surface area contributed by atoms with Crippen LogP contribution in [0.25, 0.3) is 4.96 Å². The van der Waals surface area contributed by atoms with Gasteiger partial charge in [-0.05, 0) is 25.1 Å². The van der Waals surface area contributed by atoms with Crippen LogP contribution in [0.2, 0.25) is 0 Å². The van der Waals surface area contributed by atoms with Crippen LogP contribution in [0.4, 0.5) is 0 Å². The van der Waals surface area contributed by atoms with Crippen LogP contribution in [0.1, 0.15) is 18.2 Å². The number of hydrogen-bond acceptors (Lipinski definition) is 4. The third kappa shape index (κ3) is 2.61. The van der Waals surface area contributed by atoms with Gasteiger partial charge in [-0.1, -0.05) is 36.9 Å². The van der Waals surface area contributed by atoms with Gasteiger partial charge in [0.1, 0.15) is 5.03 Å². The summed E-state index contributed by atoms with van der Waals surface area (Å²) in [6.45, 7) is 6.08. The third-order valence-electron chi connectivity index (χ3n) is 3.17. The summed E-state index contributed by atoms with van der Waals surface area (Å²) in [5, 5.41) is 6.59. The van der Waals surface area contributed by atoms with E-state index in [4.69, 9.17) is 4.98 Å². The highest BCUT2D eigenvalue weighted by Crippen LogP contribution is 2.33. The fourth-order valence-electron chi connectivity index (χ4n) is 2.07. The maximum absolute atomic E-state index is 4.77. The Morgan fingerprint density at radius 2 is 2.20 bits per heavy atom. The molecule has 3 nitrogen and oxygen atoms in total. The number of nitrogens with zero attached hydrogens (tertiary/aromatic N) is 2. The lowest BCUT2D eigenvalue weighted by atomic mass is 10.2. The molecule has 104 valence electrons. The Kier molecular flexibility index (Phi) is 4.10. The summed E-state index contributed by atoms with van der Waals surface area (Å²) in [6.07, 6.45) is 2.10. The summed E-state index contributed by atoms with van der Waals surface area (Å²) in [5.74, 6) is 0. The van der Waals surface area contributed by atoms with E-state index in [0.717, 1.165) is 23.1 Å². The van der Waals surface area contributed by atoms with Gasteiger partial charge in [-0.15, -0.1) is 11.3 Å². The summed E-state index contributed by atoms with van der Waals surface area (Å²) in [6, 6.07) is 8.46.